The second-order valence-electron chi connectivity index (χ2n) is 7.49. The topological polar surface area (TPSA) is 133 Å². The molecule has 1 aliphatic carbocycles. The predicted molar refractivity (Wildman–Crippen MR) is 99.2 cm³/mol. The molecule has 1 aliphatic rings. The lowest BCUT2D eigenvalue weighted by atomic mass is 9.67. The quantitative estimate of drug-likeness (QED) is 0.464. The minimum atomic E-state index is -0.507. The van der Waals surface area contributed by atoms with Gasteiger partial charge in [0.05, 0.1) is 0 Å². The molecule has 2 aromatic carbocycles. The fraction of sp³-hybridized carbons (Fsp3) is 0.400. The van der Waals surface area contributed by atoms with E-state index in [0.717, 1.165) is 30.4 Å². The van der Waals surface area contributed by atoms with Crippen molar-refractivity contribution in [1.82, 2.24) is 0 Å². The summed E-state index contributed by atoms with van der Waals surface area (Å²) in [6, 6.07) is 9.67. The molecule has 3 rings (SSSR count). The molecule has 0 bridgehead atoms. The maximum atomic E-state index is 9.75. The van der Waals surface area contributed by atoms with Crippen molar-refractivity contribution in [3.8, 4) is 23.0 Å². The van der Waals surface area contributed by atoms with E-state index in [0.29, 0.717) is 12.8 Å². The Labute approximate surface area is 152 Å². The van der Waals surface area contributed by atoms with Crippen LogP contribution in [0.15, 0.2) is 36.4 Å². The number of nitrogens with two attached hydrogens (primary N) is 2. The lowest BCUT2D eigenvalue weighted by Gasteiger charge is -2.44. The molecule has 0 radical (unpaired) electrons. The van der Waals surface area contributed by atoms with Crippen LogP contribution in [-0.2, 0) is 12.8 Å². The molecular formula is C20H26N2O4. The van der Waals surface area contributed by atoms with E-state index >= 15 is 0 Å². The van der Waals surface area contributed by atoms with Crippen LogP contribution in [0, 0.1) is 5.92 Å². The SMILES string of the molecule is NC1CC[C@](N)(Cc2ccc(O)c(O)c2)[C@@H](Cc2ccc(O)c(O)c2)C1. The summed E-state index contributed by atoms with van der Waals surface area (Å²) < 4.78 is 0. The monoisotopic (exact) mass is 358 g/mol. The number of aromatic hydroxyl groups is 4. The molecule has 0 saturated heterocycles. The predicted octanol–water partition coefficient (Wildman–Crippen LogP) is 2.12. The molecule has 0 aromatic heterocycles. The summed E-state index contributed by atoms with van der Waals surface area (Å²) in [7, 11) is 0. The summed E-state index contributed by atoms with van der Waals surface area (Å²) in [5, 5.41) is 38.5. The van der Waals surface area contributed by atoms with Crippen molar-refractivity contribution < 1.29 is 20.4 Å². The van der Waals surface area contributed by atoms with Crippen molar-refractivity contribution in [3.63, 3.8) is 0 Å². The zero-order chi connectivity index (χ0) is 18.9. The van der Waals surface area contributed by atoms with Crippen molar-refractivity contribution in [2.75, 3.05) is 0 Å². The first-order valence-electron chi connectivity index (χ1n) is 8.83. The molecular weight excluding hydrogens is 332 g/mol. The van der Waals surface area contributed by atoms with Crippen molar-refractivity contribution in [3.05, 3.63) is 47.5 Å². The van der Waals surface area contributed by atoms with Gasteiger partial charge in [-0.25, -0.2) is 0 Å². The Hall–Kier alpha value is -2.44. The highest BCUT2D eigenvalue weighted by atomic mass is 16.3. The summed E-state index contributed by atoms with van der Waals surface area (Å²) in [6.45, 7) is 0. The zero-order valence-electron chi connectivity index (χ0n) is 14.6. The van der Waals surface area contributed by atoms with Crippen LogP contribution in [0.25, 0.3) is 0 Å². The Morgan fingerprint density at radius 2 is 1.46 bits per heavy atom. The number of phenols is 4. The number of rotatable bonds is 4. The van der Waals surface area contributed by atoms with Crippen molar-refractivity contribution >= 4 is 0 Å². The minimum absolute atomic E-state index is 0.0793. The fourth-order valence-electron chi connectivity index (χ4n) is 3.94. The first kappa shape index (κ1) is 18.4. The maximum absolute atomic E-state index is 9.75. The number of hydrogen-bond donors (Lipinski definition) is 6. The molecule has 0 heterocycles. The fourth-order valence-corrected chi connectivity index (χ4v) is 3.94. The summed E-state index contributed by atoms with van der Waals surface area (Å²) in [5.74, 6) is -0.507. The number of hydrogen-bond acceptors (Lipinski definition) is 6. The van der Waals surface area contributed by atoms with Gasteiger partial charge in [-0.3, -0.25) is 0 Å². The van der Waals surface area contributed by atoms with Gasteiger partial charge in [0.1, 0.15) is 0 Å². The van der Waals surface area contributed by atoms with E-state index in [-0.39, 0.29) is 35.0 Å². The molecule has 8 N–H and O–H groups in total. The van der Waals surface area contributed by atoms with Gasteiger partial charge in [-0.2, -0.15) is 0 Å². The molecule has 0 amide bonds. The molecule has 1 saturated carbocycles. The molecule has 3 atom stereocenters. The number of phenolic OH excluding ortho intramolecular Hbond substituents is 4. The molecule has 2 aromatic rings. The van der Waals surface area contributed by atoms with E-state index in [1.807, 2.05) is 0 Å². The van der Waals surface area contributed by atoms with Gasteiger partial charge < -0.3 is 31.9 Å². The van der Waals surface area contributed by atoms with Gasteiger partial charge in [0, 0.05) is 11.6 Å². The number of benzene rings is 2. The van der Waals surface area contributed by atoms with Gasteiger partial charge in [0.2, 0.25) is 0 Å². The first-order chi connectivity index (χ1) is 12.3. The summed E-state index contributed by atoms with van der Waals surface area (Å²) in [4.78, 5) is 0. The van der Waals surface area contributed by atoms with E-state index in [1.54, 1.807) is 24.3 Å². The van der Waals surface area contributed by atoms with Gasteiger partial charge in [-0.15, -0.1) is 0 Å². The van der Waals surface area contributed by atoms with Gasteiger partial charge in [0.25, 0.3) is 0 Å². The van der Waals surface area contributed by atoms with Crippen LogP contribution in [0.2, 0.25) is 0 Å². The van der Waals surface area contributed by atoms with E-state index < -0.39 is 5.54 Å². The average Bonchev–Trinajstić information content (AvgIpc) is 2.58. The van der Waals surface area contributed by atoms with E-state index in [4.69, 9.17) is 11.5 Å². The van der Waals surface area contributed by atoms with Gasteiger partial charge >= 0.3 is 0 Å². The Bertz CT molecular complexity index is 795. The Kier molecular flexibility index (Phi) is 4.98. The molecule has 140 valence electrons. The Balaban J connectivity index is 1.84. The van der Waals surface area contributed by atoms with E-state index in [9.17, 15) is 20.4 Å². The van der Waals surface area contributed by atoms with Crippen LogP contribution >= 0.6 is 0 Å². The van der Waals surface area contributed by atoms with Crippen LogP contribution < -0.4 is 11.5 Å². The minimum Gasteiger partial charge on any atom is -0.504 e. The highest BCUT2D eigenvalue weighted by Gasteiger charge is 2.39. The highest BCUT2D eigenvalue weighted by molar-refractivity contribution is 5.42. The maximum Gasteiger partial charge on any atom is 0.157 e. The summed E-state index contributed by atoms with van der Waals surface area (Å²) >= 11 is 0. The molecule has 0 aliphatic heterocycles. The third kappa shape index (κ3) is 3.86. The molecule has 0 spiro atoms. The normalized spacial score (nSPS) is 25.9. The summed E-state index contributed by atoms with van der Waals surface area (Å²) in [6.07, 6.45) is 3.55. The van der Waals surface area contributed by atoms with Crippen LogP contribution in [-0.4, -0.2) is 32.0 Å². The van der Waals surface area contributed by atoms with E-state index in [1.165, 1.54) is 12.1 Å². The second-order valence-corrected chi connectivity index (χ2v) is 7.49. The largest absolute Gasteiger partial charge is 0.504 e. The third-order valence-electron chi connectivity index (χ3n) is 5.48. The van der Waals surface area contributed by atoms with Crippen LogP contribution in [0.1, 0.15) is 30.4 Å². The summed E-state index contributed by atoms with van der Waals surface area (Å²) in [5.41, 5.74) is 14.2. The van der Waals surface area contributed by atoms with Gasteiger partial charge in [-0.05, 0) is 73.4 Å². The van der Waals surface area contributed by atoms with Gasteiger partial charge in [0.15, 0.2) is 23.0 Å². The van der Waals surface area contributed by atoms with Crippen molar-refractivity contribution in [1.29, 1.82) is 0 Å². The third-order valence-corrected chi connectivity index (χ3v) is 5.48. The van der Waals surface area contributed by atoms with Crippen molar-refractivity contribution in [2.45, 2.75) is 43.7 Å². The van der Waals surface area contributed by atoms with E-state index in [2.05, 4.69) is 0 Å². The average molecular weight is 358 g/mol. The van der Waals surface area contributed by atoms with Crippen molar-refractivity contribution in [2.24, 2.45) is 17.4 Å². The first-order valence-corrected chi connectivity index (χ1v) is 8.83. The zero-order valence-corrected chi connectivity index (χ0v) is 14.6. The smallest absolute Gasteiger partial charge is 0.157 e. The molecule has 6 nitrogen and oxygen atoms in total. The highest BCUT2D eigenvalue weighted by Crippen LogP contribution is 2.38. The molecule has 6 heteroatoms. The van der Waals surface area contributed by atoms with Gasteiger partial charge in [-0.1, -0.05) is 12.1 Å². The lowest BCUT2D eigenvalue weighted by molar-refractivity contribution is 0.170. The second kappa shape index (κ2) is 7.05. The lowest BCUT2D eigenvalue weighted by Crippen LogP contribution is -2.55. The molecule has 1 fully saturated rings. The van der Waals surface area contributed by atoms with Crippen LogP contribution in [0.3, 0.4) is 0 Å². The Morgan fingerprint density at radius 3 is 2.08 bits per heavy atom. The van der Waals surface area contributed by atoms with Crippen LogP contribution in [0.5, 0.6) is 23.0 Å². The standard InChI is InChI=1S/C20H26N2O4/c21-15-5-6-20(22,11-13-2-4-17(24)19(26)9-13)14(10-15)7-12-1-3-16(23)18(25)8-12/h1-4,8-9,14-15,23-26H,5-7,10-11,21-22H2/t14-,15?,20-/m0/s1. The Morgan fingerprint density at radius 1 is 0.885 bits per heavy atom. The molecule has 26 heavy (non-hydrogen) atoms. The molecule has 1 unspecified atom stereocenters. The van der Waals surface area contributed by atoms with Crippen LogP contribution in [0.4, 0.5) is 0 Å².